The molecule has 1 heterocycles. The zero-order valence-electron chi connectivity index (χ0n) is 4.10. The van der Waals surface area contributed by atoms with Crippen LogP contribution in [0.3, 0.4) is 0 Å². The molecule has 0 bridgehead atoms. The Morgan fingerprint density at radius 1 is 1.57 bits per heavy atom. The molecule has 1 aliphatic rings. The summed E-state index contributed by atoms with van der Waals surface area (Å²) >= 11 is 0. The highest BCUT2D eigenvalue weighted by Gasteiger charge is 1.97. The van der Waals surface area contributed by atoms with Crippen molar-refractivity contribution in [2.75, 3.05) is 6.54 Å². The molecule has 0 saturated heterocycles. The Kier molecular flexibility index (Phi) is 1.29. The van der Waals surface area contributed by atoms with Crippen LogP contribution in [-0.4, -0.2) is 11.7 Å². The maximum absolute atomic E-state index is 11.9. The topological polar surface area (TPSA) is 3.24 Å². The predicted octanol–water partition coefficient (Wildman–Crippen LogP) is 1.48. The Balaban J connectivity index is 2.36. The molecule has 7 heavy (non-hydrogen) atoms. The molecule has 0 N–H and O–H groups in total. The molecule has 0 atom stereocenters. The molecular weight excluding hydrogens is 93.1 g/mol. The molecule has 0 aromatic rings. The van der Waals surface area contributed by atoms with Crippen LogP contribution in [0.4, 0.5) is 4.48 Å². The summed E-state index contributed by atoms with van der Waals surface area (Å²) in [6.45, 7) is 0.566. The van der Waals surface area contributed by atoms with Crippen LogP contribution in [0.1, 0.15) is 12.8 Å². The fourth-order valence-corrected chi connectivity index (χ4v) is 0.624. The summed E-state index contributed by atoms with van der Waals surface area (Å²) in [7, 11) is 0. The maximum Gasteiger partial charge on any atom is 0.0501 e. The van der Waals surface area contributed by atoms with Crippen molar-refractivity contribution in [3.05, 3.63) is 12.3 Å². The fraction of sp³-hybridized carbons (Fsp3) is 0.600. The Morgan fingerprint density at radius 3 is 2.71 bits per heavy atom. The summed E-state index contributed by atoms with van der Waals surface area (Å²) in [5.41, 5.74) is 0. The highest BCUT2D eigenvalue weighted by atomic mass is 19.2. The van der Waals surface area contributed by atoms with E-state index in [1.165, 1.54) is 6.20 Å². The molecule has 0 unspecified atom stereocenters. The van der Waals surface area contributed by atoms with E-state index in [0.717, 1.165) is 12.8 Å². The van der Waals surface area contributed by atoms with E-state index in [9.17, 15) is 4.48 Å². The van der Waals surface area contributed by atoms with Crippen LogP contribution in [0.15, 0.2) is 12.3 Å². The van der Waals surface area contributed by atoms with Gasteiger partial charge < -0.3 is 0 Å². The minimum absolute atomic E-state index is 0.566. The first kappa shape index (κ1) is 4.62. The summed E-state index contributed by atoms with van der Waals surface area (Å²) in [4.78, 5) is 0. The molecule has 0 aliphatic carbocycles. The van der Waals surface area contributed by atoms with Crippen LogP contribution in [0.5, 0.6) is 0 Å². The molecule has 1 aliphatic heterocycles. The third-order valence-electron chi connectivity index (χ3n) is 1.01. The van der Waals surface area contributed by atoms with Gasteiger partial charge in [0, 0.05) is 6.20 Å². The third-order valence-corrected chi connectivity index (χ3v) is 1.01. The van der Waals surface area contributed by atoms with Gasteiger partial charge in [-0.2, -0.15) is 0 Å². The lowest BCUT2D eigenvalue weighted by atomic mass is 10.2. The van der Waals surface area contributed by atoms with Gasteiger partial charge in [-0.1, -0.05) is 6.08 Å². The van der Waals surface area contributed by atoms with Crippen molar-refractivity contribution < 1.29 is 4.48 Å². The van der Waals surface area contributed by atoms with E-state index in [4.69, 9.17) is 0 Å². The van der Waals surface area contributed by atoms with Crippen LogP contribution >= 0.6 is 0 Å². The van der Waals surface area contributed by atoms with Crippen LogP contribution in [0, 0.1) is 0 Å². The van der Waals surface area contributed by atoms with Gasteiger partial charge in [-0.25, -0.2) is 5.12 Å². The minimum atomic E-state index is 0.566. The largest absolute Gasteiger partial charge is 0.219 e. The maximum atomic E-state index is 11.9. The average Bonchev–Trinajstić information content (AvgIpc) is 1.69. The first-order chi connectivity index (χ1) is 3.39. The molecule has 40 valence electrons. The monoisotopic (exact) mass is 101 g/mol. The molecule has 0 radical (unpaired) electrons. The van der Waals surface area contributed by atoms with Gasteiger partial charge in [0.1, 0.15) is 0 Å². The molecule has 0 saturated carbocycles. The number of halogens is 1. The molecular formula is C5H8FN. The van der Waals surface area contributed by atoms with Gasteiger partial charge in [-0.3, -0.25) is 0 Å². The molecule has 0 aromatic heterocycles. The van der Waals surface area contributed by atoms with Gasteiger partial charge in [0.2, 0.25) is 0 Å². The van der Waals surface area contributed by atoms with Gasteiger partial charge in [0.25, 0.3) is 0 Å². The third kappa shape index (κ3) is 1.18. The van der Waals surface area contributed by atoms with Gasteiger partial charge in [-0.15, -0.1) is 4.48 Å². The van der Waals surface area contributed by atoms with Crippen LogP contribution in [0.2, 0.25) is 0 Å². The normalized spacial score (nSPS) is 20.4. The lowest BCUT2D eigenvalue weighted by Gasteiger charge is -2.10. The summed E-state index contributed by atoms with van der Waals surface area (Å²) in [5.74, 6) is 0. The lowest BCUT2D eigenvalue weighted by molar-refractivity contribution is 0.0819. The summed E-state index contributed by atoms with van der Waals surface area (Å²) in [6, 6.07) is 0. The fourth-order valence-electron chi connectivity index (χ4n) is 0.624. The van der Waals surface area contributed by atoms with Crippen LogP contribution in [0.25, 0.3) is 0 Å². The van der Waals surface area contributed by atoms with E-state index < -0.39 is 0 Å². The van der Waals surface area contributed by atoms with Crippen LogP contribution < -0.4 is 0 Å². The molecule has 0 spiro atoms. The Hall–Kier alpha value is -0.530. The Bertz CT molecular complexity index is 80.1. The minimum Gasteiger partial charge on any atom is -0.219 e. The van der Waals surface area contributed by atoms with Gasteiger partial charge in [0.05, 0.1) is 6.54 Å². The van der Waals surface area contributed by atoms with Crippen molar-refractivity contribution in [3.63, 3.8) is 0 Å². The Morgan fingerprint density at radius 2 is 2.43 bits per heavy atom. The van der Waals surface area contributed by atoms with Crippen molar-refractivity contribution in [2.45, 2.75) is 12.8 Å². The van der Waals surface area contributed by atoms with Crippen molar-refractivity contribution in [1.82, 2.24) is 5.12 Å². The summed E-state index contributed by atoms with van der Waals surface area (Å²) in [6.07, 6.45) is 5.29. The first-order valence-corrected chi connectivity index (χ1v) is 2.49. The zero-order chi connectivity index (χ0) is 5.11. The second kappa shape index (κ2) is 1.96. The zero-order valence-corrected chi connectivity index (χ0v) is 4.10. The number of rotatable bonds is 0. The van der Waals surface area contributed by atoms with Gasteiger partial charge in [-0.05, 0) is 12.8 Å². The molecule has 0 aromatic carbocycles. The molecule has 1 nitrogen and oxygen atoms in total. The molecule has 2 heteroatoms. The number of allylic oxidation sites excluding steroid dienone is 1. The van der Waals surface area contributed by atoms with Gasteiger partial charge in [0.15, 0.2) is 0 Å². The lowest BCUT2D eigenvalue weighted by Crippen LogP contribution is -2.09. The smallest absolute Gasteiger partial charge is 0.0501 e. The molecule has 0 amide bonds. The SMILES string of the molecule is FN1C=CCCC1. The van der Waals surface area contributed by atoms with Crippen LogP contribution in [-0.2, 0) is 0 Å². The highest BCUT2D eigenvalue weighted by molar-refractivity contribution is 4.83. The van der Waals surface area contributed by atoms with Crippen molar-refractivity contribution in [2.24, 2.45) is 0 Å². The Labute approximate surface area is 42.4 Å². The molecule has 0 fully saturated rings. The predicted molar refractivity (Wildman–Crippen MR) is 26.2 cm³/mol. The molecule has 1 rings (SSSR count). The number of hydrogen-bond acceptors (Lipinski definition) is 1. The van der Waals surface area contributed by atoms with Crippen molar-refractivity contribution in [1.29, 1.82) is 0 Å². The van der Waals surface area contributed by atoms with E-state index in [2.05, 4.69) is 0 Å². The van der Waals surface area contributed by atoms with E-state index >= 15 is 0 Å². The highest BCUT2D eigenvalue weighted by Crippen LogP contribution is 2.03. The standard InChI is InChI=1S/C5H8FN/c6-7-4-2-1-3-5-7/h2,4H,1,3,5H2. The number of hydrogen-bond donors (Lipinski definition) is 0. The first-order valence-electron chi connectivity index (χ1n) is 2.49. The quantitative estimate of drug-likeness (QED) is 0.418. The number of nitrogens with zero attached hydrogens (tertiary/aromatic N) is 1. The van der Waals surface area contributed by atoms with E-state index in [1.807, 2.05) is 6.08 Å². The summed E-state index contributed by atoms with van der Waals surface area (Å²) < 4.78 is 11.9. The summed E-state index contributed by atoms with van der Waals surface area (Å²) in [5, 5.41) is 0.712. The second-order valence-electron chi connectivity index (χ2n) is 1.65. The van der Waals surface area contributed by atoms with Gasteiger partial charge >= 0.3 is 0 Å². The van der Waals surface area contributed by atoms with E-state index in [-0.39, 0.29) is 0 Å². The van der Waals surface area contributed by atoms with Crippen molar-refractivity contribution in [3.8, 4) is 0 Å². The average molecular weight is 101 g/mol. The van der Waals surface area contributed by atoms with E-state index in [1.54, 1.807) is 0 Å². The van der Waals surface area contributed by atoms with E-state index in [0.29, 0.717) is 11.7 Å². The second-order valence-corrected chi connectivity index (χ2v) is 1.65. The van der Waals surface area contributed by atoms with Crippen molar-refractivity contribution >= 4 is 0 Å².